The van der Waals surface area contributed by atoms with Crippen LogP contribution in [-0.2, 0) is 14.4 Å². The molecule has 0 aromatic heterocycles. The molecule has 6 heteroatoms. The normalized spacial score (nSPS) is 11.8. The van der Waals surface area contributed by atoms with Gasteiger partial charge in [-0.3, -0.25) is 9.59 Å². The van der Waals surface area contributed by atoms with Gasteiger partial charge in [-0.05, 0) is 32.1 Å². The van der Waals surface area contributed by atoms with Crippen molar-refractivity contribution in [3.8, 4) is 0 Å². The van der Waals surface area contributed by atoms with Gasteiger partial charge in [-0.1, -0.05) is 90.9 Å². The first-order chi connectivity index (χ1) is 15.5. The predicted molar refractivity (Wildman–Crippen MR) is 132 cm³/mol. The van der Waals surface area contributed by atoms with E-state index in [9.17, 15) is 19.5 Å². The molecule has 0 saturated heterocycles. The Morgan fingerprint density at radius 2 is 1.09 bits per heavy atom. The number of amides is 2. The van der Waals surface area contributed by atoms with Crippen LogP contribution in [0.3, 0.4) is 0 Å². The molecule has 0 rings (SSSR count). The van der Waals surface area contributed by atoms with Crippen LogP contribution in [0.15, 0.2) is 0 Å². The van der Waals surface area contributed by atoms with Crippen molar-refractivity contribution in [3.05, 3.63) is 0 Å². The van der Waals surface area contributed by atoms with Crippen LogP contribution in [0.5, 0.6) is 0 Å². The van der Waals surface area contributed by atoms with E-state index in [-0.39, 0.29) is 11.8 Å². The summed E-state index contributed by atoms with van der Waals surface area (Å²) in [6, 6.07) is -0.838. The molecule has 0 aliphatic heterocycles. The van der Waals surface area contributed by atoms with Gasteiger partial charge in [-0.15, -0.1) is 0 Å². The third-order valence-corrected chi connectivity index (χ3v) is 5.89. The highest BCUT2D eigenvalue weighted by atomic mass is 16.4. The fraction of sp³-hybridized carbons (Fsp3) is 0.885. The van der Waals surface area contributed by atoms with E-state index in [1.165, 1.54) is 57.8 Å². The van der Waals surface area contributed by atoms with Crippen LogP contribution in [0, 0.1) is 0 Å². The Balaban J connectivity index is 3.74. The van der Waals surface area contributed by atoms with Crippen molar-refractivity contribution in [2.45, 2.75) is 142 Å². The van der Waals surface area contributed by atoms with Gasteiger partial charge in [0.05, 0.1) is 0 Å². The van der Waals surface area contributed by atoms with Crippen LogP contribution < -0.4 is 10.6 Å². The van der Waals surface area contributed by atoms with Gasteiger partial charge in [0.25, 0.3) is 0 Å². The van der Waals surface area contributed by atoms with E-state index in [2.05, 4.69) is 24.5 Å². The molecule has 2 amide bonds. The van der Waals surface area contributed by atoms with Gasteiger partial charge >= 0.3 is 5.97 Å². The average molecular weight is 455 g/mol. The molecule has 0 aromatic carbocycles. The van der Waals surface area contributed by atoms with Gasteiger partial charge in [-0.25, -0.2) is 4.79 Å². The number of nitrogens with one attached hydrogen (secondary N) is 2. The number of hydrogen-bond donors (Lipinski definition) is 3. The van der Waals surface area contributed by atoms with Crippen LogP contribution in [0.4, 0.5) is 0 Å². The highest BCUT2D eigenvalue weighted by Crippen LogP contribution is 2.10. The van der Waals surface area contributed by atoms with Gasteiger partial charge in [0.15, 0.2) is 0 Å². The Hall–Kier alpha value is -1.59. The number of carbonyl (C=O) groups excluding carboxylic acids is 2. The maximum Gasteiger partial charge on any atom is 0.326 e. The van der Waals surface area contributed by atoms with Crippen molar-refractivity contribution in [2.24, 2.45) is 0 Å². The summed E-state index contributed by atoms with van der Waals surface area (Å²) in [4.78, 5) is 35.3. The second kappa shape index (κ2) is 22.6. The first-order valence-corrected chi connectivity index (χ1v) is 13.3. The molecular weight excluding hydrogens is 404 g/mol. The third kappa shape index (κ3) is 20.3. The number of aliphatic carboxylic acids is 1. The molecule has 0 fully saturated rings. The van der Waals surface area contributed by atoms with Crippen molar-refractivity contribution < 1.29 is 19.5 Å². The Morgan fingerprint density at radius 1 is 0.625 bits per heavy atom. The summed E-state index contributed by atoms with van der Waals surface area (Å²) in [5.74, 6) is -1.08. The molecule has 6 nitrogen and oxygen atoms in total. The fourth-order valence-corrected chi connectivity index (χ4v) is 3.80. The van der Waals surface area contributed by atoms with Crippen molar-refractivity contribution in [1.82, 2.24) is 10.6 Å². The van der Waals surface area contributed by atoms with Crippen molar-refractivity contribution in [2.75, 3.05) is 6.54 Å². The lowest BCUT2D eigenvalue weighted by Gasteiger charge is -2.14. The second-order valence-electron chi connectivity index (χ2n) is 9.05. The molecule has 0 spiro atoms. The molecule has 0 aromatic rings. The molecule has 188 valence electrons. The number of carboxylic acids is 1. The molecule has 32 heavy (non-hydrogen) atoms. The van der Waals surface area contributed by atoms with Gasteiger partial charge in [0.1, 0.15) is 6.04 Å². The molecule has 1 atom stereocenters. The fourth-order valence-electron chi connectivity index (χ4n) is 3.80. The van der Waals surface area contributed by atoms with Crippen molar-refractivity contribution in [1.29, 1.82) is 0 Å². The first-order valence-electron chi connectivity index (χ1n) is 13.3. The average Bonchev–Trinajstić information content (AvgIpc) is 2.76. The van der Waals surface area contributed by atoms with Gasteiger partial charge in [-0.2, -0.15) is 0 Å². The van der Waals surface area contributed by atoms with Crippen LogP contribution >= 0.6 is 0 Å². The van der Waals surface area contributed by atoms with Crippen LogP contribution in [-0.4, -0.2) is 35.5 Å². The molecule has 1 unspecified atom stereocenters. The zero-order chi connectivity index (χ0) is 23.9. The summed E-state index contributed by atoms with van der Waals surface area (Å²) in [5.41, 5.74) is 0. The monoisotopic (exact) mass is 454 g/mol. The standard InChI is InChI=1S/C26H50N2O4/c1-3-5-7-9-11-13-15-20-24(29)27-22-18-17-19-23(26(31)32)28-25(30)21-16-14-12-10-8-6-4-2/h23H,3-22H2,1-2H3,(H,27,29)(H,28,30)(H,31,32). The maximum atomic E-state index is 12.0. The minimum Gasteiger partial charge on any atom is -0.480 e. The number of hydrogen-bond acceptors (Lipinski definition) is 3. The molecular formula is C26H50N2O4. The minimum absolute atomic E-state index is 0.0799. The van der Waals surface area contributed by atoms with E-state index in [0.717, 1.165) is 38.5 Å². The van der Waals surface area contributed by atoms with Gasteiger partial charge in [0, 0.05) is 19.4 Å². The lowest BCUT2D eigenvalue weighted by Crippen LogP contribution is -2.40. The molecule has 3 N–H and O–H groups in total. The summed E-state index contributed by atoms with van der Waals surface area (Å²) in [5, 5.41) is 14.9. The maximum absolute atomic E-state index is 12.0. The summed E-state index contributed by atoms with van der Waals surface area (Å²) < 4.78 is 0. The van der Waals surface area contributed by atoms with Crippen molar-refractivity contribution >= 4 is 17.8 Å². The third-order valence-electron chi connectivity index (χ3n) is 5.89. The zero-order valence-corrected chi connectivity index (χ0v) is 20.9. The number of carbonyl (C=O) groups is 3. The lowest BCUT2D eigenvalue weighted by atomic mass is 10.1. The zero-order valence-electron chi connectivity index (χ0n) is 20.9. The predicted octanol–water partition coefficient (Wildman–Crippen LogP) is 6.12. The summed E-state index contributed by atoms with van der Waals surface area (Å²) in [6.07, 6.45) is 19.0. The molecule has 0 aliphatic rings. The van der Waals surface area contributed by atoms with Gasteiger partial charge < -0.3 is 15.7 Å². The SMILES string of the molecule is CCCCCCCCCC(=O)NCCCCC(NC(=O)CCCCCCCCC)C(=O)O. The number of unbranched alkanes of at least 4 members (excludes halogenated alkanes) is 13. The van der Waals surface area contributed by atoms with Crippen molar-refractivity contribution in [3.63, 3.8) is 0 Å². The van der Waals surface area contributed by atoms with E-state index < -0.39 is 12.0 Å². The summed E-state index contributed by atoms with van der Waals surface area (Å²) in [7, 11) is 0. The Labute approximate surface area is 196 Å². The van der Waals surface area contributed by atoms with E-state index in [4.69, 9.17) is 0 Å². The largest absolute Gasteiger partial charge is 0.480 e. The smallest absolute Gasteiger partial charge is 0.326 e. The second-order valence-corrected chi connectivity index (χ2v) is 9.05. The number of carboxylic acid groups (broad SMARTS) is 1. The highest BCUT2D eigenvalue weighted by molar-refractivity contribution is 5.83. The molecule has 0 bridgehead atoms. The van der Waals surface area contributed by atoms with E-state index in [1.807, 2.05) is 0 Å². The molecule has 0 radical (unpaired) electrons. The molecule has 0 heterocycles. The van der Waals surface area contributed by atoms with E-state index in [0.29, 0.717) is 32.2 Å². The Bertz CT molecular complexity index is 482. The highest BCUT2D eigenvalue weighted by Gasteiger charge is 2.19. The summed E-state index contributed by atoms with van der Waals surface area (Å²) in [6.45, 7) is 4.96. The molecule has 0 aliphatic carbocycles. The van der Waals surface area contributed by atoms with Crippen LogP contribution in [0.2, 0.25) is 0 Å². The molecule has 0 saturated carbocycles. The first kappa shape index (κ1) is 30.4. The lowest BCUT2D eigenvalue weighted by molar-refractivity contribution is -0.142. The quantitative estimate of drug-likeness (QED) is 0.162. The summed E-state index contributed by atoms with van der Waals surface area (Å²) >= 11 is 0. The van der Waals surface area contributed by atoms with E-state index in [1.54, 1.807) is 0 Å². The minimum atomic E-state index is -0.985. The number of rotatable bonds is 23. The van der Waals surface area contributed by atoms with Gasteiger partial charge in [0.2, 0.25) is 11.8 Å². The Kier molecular flexibility index (Phi) is 21.5. The van der Waals surface area contributed by atoms with Crippen LogP contribution in [0.25, 0.3) is 0 Å². The van der Waals surface area contributed by atoms with Crippen LogP contribution in [0.1, 0.15) is 136 Å². The Morgan fingerprint density at radius 3 is 1.59 bits per heavy atom. The topological polar surface area (TPSA) is 95.5 Å². The van der Waals surface area contributed by atoms with E-state index >= 15 is 0 Å².